The number of amides is 1. The molecule has 0 bridgehead atoms. The molecule has 1 saturated heterocycles. The predicted octanol–water partition coefficient (Wildman–Crippen LogP) is 3.31. The number of rotatable bonds is 5. The van der Waals surface area contributed by atoms with Gasteiger partial charge in [0.15, 0.2) is 0 Å². The van der Waals surface area contributed by atoms with Gasteiger partial charge in [-0.3, -0.25) is 9.69 Å². The molecule has 6 heteroatoms. The summed E-state index contributed by atoms with van der Waals surface area (Å²) in [4.78, 5) is 19.5. The molecule has 0 saturated carbocycles. The van der Waals surface area contributed by atoms with Crippen LogP contribution in [0.1, 0.15) is 50.1 Å². The number of nitrogens with zero attached hydrogens (tertiary/aromatic N) is 2. The minimum absolute atomic E-state index is 0.0697. The van der Waals surface area contributed by atoms with Crippen molar-refractivity contribution in [2.75, 3.05) is 6.54 Å². The largest absolute Gasteiger partial charge is 0.467 e. The number of hydrogen-bond acceptors (Lipinski definition) is 5. The highest BCUT2D eigenvalue weighted by Crippen LogP contribution is 2.27. The van der Waals surface area contributed by atoms with Crippen molar-refractivity contribution < 1.29 is 9.21 Å². The number of aromatic nitrogens is 1. The molecule has 1 atom stereocenters. The van der Waals surface area contributed by atoms with Gasteiger partial charge in [0.25, 0.3) is 0 Å². The fourth-order valence-electron chi connectivity index (χ4n) is 2.95. The molecule has 1 unspecified atom stereocenters. The molecule has 1 fully saturated rings. The van der Waals surface area contributed by atoms with Crippen LogP contribution in [0.5, 0.6) is 0 Å². The van der Waals surface area contributed by atoms with Crippen LogP contribution in [0.15, 0.2) is 28.2 Å². The summed E-state index contributed by atoms with van der Waals surface area (Å²) >= 11 is 1.71. The molecular formula is C18H25N3O2S. The summed E-state index contributed by atoms with van der Waals surface area (Å²) in [6.07, 6.45) is 3.58. The first kappa shape index (κ1) is 17.2. The summed E-state index contributed by atoms with van der Waals surface area (Å²) in [7, 11) is 0. The van der Waals surface area contributed by atoms with Crippen molar-refractivity contribution in [3.8, 4) is 0 Å². The van der Waals surface area contributed by atoms with Crippen molar-refractivity contribution in [3.05, 3.63) is 40.2 Å². The highest BCUT2D eigenvalue weighted by molar-refractivity contribution is 7.09. The summed E-state index contributed by atoms with van der Waals surface area (Å²) in [5, 5.41) is 6.25. The number of carbonyl (C=O) groups is 1. The van der Waals surface area contributed by atoms with Crippen LogP contribution in [-0.4, -0.2) is 28.4 Å². The standard InChI is InChI=1S/C18H25N3O2S/c1-18(2,3)17-20-13(12-24-17)11-21-8-4-7-15(21)16(22)19-10-14-6-5-9-23-14/h5-6,9,12,15H,4,7-8,10-11H2,1-3H3,(H,19,22). The molecule has 0 spiro atoms. The van der Waals surface area contributed by atoms with Gasteiger partial charge in [-0.15, -0.1) is 11.3 Å². The Bertz CT molecular complexity index is 673. The van der Waals surface area contributed by atoms with Crippen LogP contribution in [0.25, 0.3) is 0 Å². The van der Waals surface area contributed by atoms with Gasteiger partial charge in [0.1, 0.15) is 5.76 Å². The lowest BCUT2D eigenvalue weighted by atomic mass is 9.98. The van der Waals surface area contributed by atoms with E-state index in [0.29, 0.717) is 6.54 Å². The molecule has 2 aromatic rings. The third kappa shape index (κ3) is 4.05. The van der Waals surface area contributed by atoms with Gasteiger partial charge in [-0.25, -0.2) is 4.98 Å². The number of carbonyl (C=O) groups excluding carboxylic acids is 1. The van der Waals surface area contributed by atoms with Gasteiger partial charge >= 0.3 is 0 Å². The topological polar surface area (TPSA) is 58.4 Å². The van der Waals surface area contributed by atoms with Crippen molar-refractivity contribution in [3.63, 3.8) is 0 Å². The van der Waals surface area contributed by atoms with Crippen molar-refractivity contribution >= 4 is 17.2 Å². The lowest BCUT2D eigenvalue weighted by Crippen LogP contribution is -2.42. The Morgan fingerprint density at radius 3 is 3.00 bits per heavy atom. The van der Waals surface area contributed by atoms with Crippen molar-refractivity contribution in [2.24, 2.45) is 0 Å². The summed E-state index contributed by atoms with van der Waals surface area (Å²) in [5.74, 6) is 0.859. The average molecular weight is 347 g/mol. The molecule has 0 radical (unpaired) electrons. The lowest BCUT2D eigenvalue weighted by Gasteiger charge is -2.22. The van der Waals surface area contributed by atoms with E-state index < -0.39 is 0 Å². The van der Waals surface area contributed by atoms with E-state index >= 15 is 0 Å². The maximum atomic E-state index is 12.5. The molecule has 0 aliphatic carbocycles. The second kappa shape index (κ2) is 7.07. The van der Waals surface area contributed by atoms with Crippen LogP contribution in [0.2, 0.25) is 0 Å². The first-order chi connectivity index (χ1) is 11.4. The Hall–Kier alpha value is -1.66. The van der Waals surface area contributed by atoms with Crippen molar-refractivity contribution in [1.82, 2.24) is 15.2 Å². The molecular weight excluding hydrogens is 322 g/mol. The quantitative estimate of drug-likeness (QED) is 0.901. The zero-order valence-corrected chi connectivity index (χ0v) is 15.4. The van der Waals surface area contributed by atoms with E-state index in [9.17, 15) is 4.79 Å². The van der Waals surface area contributed by atoms with Gasteiger partial charge in [-0.1, -0.05) is 20.8 Å². The number of thiazole rings is 1. The van der Waals surface area contributed by atoms with Crippen LogP contribution in [0.4, 0.5) is 0 Å². The minimum Gasteiger partial charge on any atom is -0.467 e. The van der Waals surface area contributed by atoms with Crippen molar-refractivity contribution in [1.29, 1.82) is 0 Å². The van der Waals surface area contributed by atoms with Gasteiger partial charge in [0.2, 0.25) is 5.91 Å². The third-order valence-electron chi connectivity index (χ3n) is 4.24. The molecule has 3 heterocycles. The van der Waals surface area contributed by atoms with E-state index in [2.05, 4.69) is 36.4 Å². The van der Waals surface area contributed by atoms with Gasteiger partial charge in [-0.05, 0) is 31.5 Å². The molecule has 1 aliphatic rings. The number of hydrogen-bond donors (Lipinski definition) is 1. The maximum absolute atomic E-state index is 12.5. The van der Waals surface area contributed by atoms with E-state index in [4.69, 9.17) is 9.40 Å². The Kier molecular flexibility index (Phi) is 5.06. The zero-order chi connectivity index (χ0) is 17.2. The van der Waals surface area contributed by atoms with Crippen molar-refractivity contribution in [2.45, 2.75) is 58.2 Å². The zero-order valence-electron chi connectivity index (χ0n) is 14.5. The number of furan rings is 1. The molecule has 1 N–H and O–H groups in total. The Morgan fingerprint density at radius 2 is 2.33 bits per heavy atom. The lowest BCUT2D eigenvalue weighted by molar-refractivity contribution is -0.125. The average Bonchev–Trinajstić information content (AvgIpc) is 3.26. The summed E-state index contributed by atoms with van der Waals surface area (Å²) in [6, 6.07) is 3.63. The van der Waals surface area contributed by atoms with Gasteiger partial charge in [0.05, 0.1) is 29.6 Å². The molecule has 130 valence electrons. The van der Waals surface area contributed by atoms with Crippen LogP contribution in [0, 0.1) is 0 Å². The maximum Gasteiger partial charge on any atom is 0.237 e. The van der Waals surface area contributed by atoms with Crippen LogP contribution in [0.3, 0.4) is 0 Å². The monoisotopic (exact) mass is 347 g/mol. The Labute approximate surface area is 147 Å². The number of likely N-dealkylation sites (tertiary alicyclic amines) is 1. The normalized spacial score (nSPS) is 18.9. The molecule has 0 aromatic carbocycles. The fraction of sp³-hybridized carbons (Fsp3) is 0.556. The first-order valence-electron chi connectivity index (χ1n) is 8.42. The van der Waals surface area contributed by atoms with E-state index in [-0.39, 0.29) is 17.4 Å². The van der Waals surface area contributed by atoms with Gasteiger partial charge in [-0.2, -0.15) is 0 Å². The van der Waals surface area contributed by atoms with Crippen LogP contribution < -0.4 is 5.32 Å². The van der Waals surface area contributed by atoms with E-state index in [1.165, 1.54) is 0 Å². The Morgan fingerprint density at radius 1 is 1.50 bits per heavy atom. The summed E-state index contributed by atoms with van der Waals surface area (Å²) in [6.45, 7) is 8.66. The molecule has 3 rings (SSSR count). The smallest absolute Gasteiger partial charge is 0.237 e. The highest BCUT2D eigenvalue weighted by Gasteiger charge is 2.31. The Balaban J connectivity index is 1.58. The van der Waals surface area contributed by atoms with Crippen LogP contribution in [-0.2, 0) is 23.3 Å². The number of nitrogens with one attached hydrogen (secondary N) is 1. The molecule has 24 heavy (non-hydrogen) atoms. The second-order valence-corrected chi connectivity index (χ2v) is 8.18. The van der Waals surface area contributed by atoms with E-state index in [1.807, 2.05) is 12.1 Å². The third-order valence-corrected chi connectivity index (χ3v) is 5.56. The molecule has 1 amide bonds. The van der Waals surface area contributed by atoms with Gasteiger partial charge in [0, 0.05) is 17.3 Å². The SMILES string of the molecule is CC(C)(C)c1nc(CN2CCCC2C(=O)NCc2ccco2)cs1. The summed E-state index contributed by atoms with van der Waals surface area (Å²) < 4.78 is 5.27. The second-order valence-electron chi connectivity index (χ2n) is 7.32. The van der Waals surface area contributed by atoms with E-state index in [0.717, 1.165) is 42.4 Å². The highest BCUT2D eigenvalue weighted by atomic mass is 32.1. The molecule has 1 aliphatic heterocycles. The van der Waals surface area contributed by atoms with Crippen LogP contribution >= 0.6 is 11.3 Å². The fourth-order valence-corrected chi connectivity index (χ4v) is 3.85. The minimum atomic E-state index is -0.0697. The van der Waals surface area contributed by atoms with E-state index in [1.54, 1.807) is 17.6 Å². The molecule has 5 nitrogen and oxygen atoms in total. The first-order valence-corrected chi connectivity index (χ1v) is 9.30. The summed E-state index contributed by atoms with van der Waals surface area (Å²) in [5.41, 5.74) is 1.14. The predicted molar refractivity (Wildman–Crippen MR) is 94.8 cm³/mol. The van der Waals surface area contributed by atoms with Gasteiger partial charge < -0.3 is 9.73 Å². The molecule has 2 aromatic heterocycles.